The molecule has 1 rings (SSSR count). The Morgan fingerprint density at radius 3 is 2.64 bits per heavy atom. The molecule has 0 aromatic rings. The van der Waals surface area contributed by atoms with Crippen LogP contribution in [0.4, 0.5) is 0 Å². The predicted octanol–water partition coefficient (Wildman–Crippen LogP) is 2.58. The van der Waals surface area contributed by atoms with Crippen LogP contribution >= 0.6 is 0 Å². The Bertz CT molecular complexity index is 145. The van der Waals surface area contributed by atoms with Gasteiger partial charge in [-0.1, -0.05) is 19.8 Å². The molecule has 0 amide bonds. The molecule has 1 aliphatic carbocycles. The van der Waals surface area contributed by atoms with Crippen LogP contribution in [0.25, 0.3) is 0 Å². The van der Waals surface area contributed by atoms with Gasteiger partial charge in [0.15, 0.2) is 0 Å². The summed E-state index contributed by atoms with van der Waals surface area (Å²) < 4.78 is 5.25. The maximum atomic E-state index is 5.25. The highest BCUT2D eigenvalue weighted by molar-refractivity contribution is 4.87. The Hall–Kier alpha value is -0.0800. The first-order valence-electron chi connectivity index (χ1n) is 6.03. The molecule has 2 nitrogen and oxygen atoms in total. The lowest BCUT2D eigenvalue weighted by Crippen LogP contribution is -2.41. The molecule has 1 fully saturated rings. The van der Waals surface area contributed by atoms with Crippen molar-refractivity contribution >= 4 is 0 Å². The molecule has 0 aromatic heterocycles. The minimum absolute atomic E-state index is 0.604. The van der Waals surface area contributed by atoms with E-state index in [0.717, 1.165) is 12.5 Å². The molecular formula is C12H25NO. The molecule has 1 saturated carbocycles. The second-order valence-electron chi connectivity index (χ2n) is 4.61. The van der Waals surface area contributed by atoms with E-state index in [1.807, 2.05) is 0 Å². The highest BCUT2D eigenvalue weighted by Crippen LogP contribution is 2.33. The summed E-state index contributed by atoms with van der Waals surface area (Å²) in [5.41, 5.74) is 0. The summed E-state index contributed by atoms with van der Waals surface area (Å²) >= 11 is 0. The minimum atomic E-state index is 0.604. The first-order chi connectivity index (χ1) is 6.77. The molecule has 2 unspecified atom stereocenters. The molecule has 84 valence electrons. The van der Waals surface area contributed by atoms with Gasteiger partial charge in [-0.2, -0.15) is 0 Å². The summed E-state index contributed by atoms with van der Waals surface area (Å²) in [5, 5.41) is 3.69. The van der Waals surface area contributed by atoms with Gasteiger partial charge in [0.1, 0.15) is 0 Å². The smallest absolute Gasteiger partial charge is 0.0618 e. The normalized spacial score (nSPS) is 20.8. The Labute approximate surface area is 88.4 Å². The Morgan fingerprint density at radius 1 is 1.43 bits per heavy atom. The Balaban J connectivity index is 2.16. The van der Waals surface area contributed by atoms with E-state index >= 15 is 0 Å². The number of unbranched alkanes of at least 4 members (excludes halogenated alkanes) is 1. The minimum Gasteiger partial charge on any atom is -0.383 e. The van der Waals surface area contributed by atoms with Crippen LogP contribution in [0, 0.1) is 5.92 Å². The lowest BCUT2D eigenvalue weighted by Gasteiger charge is -2.22. The van der Waals surface area contributed by atoms with Gasteiger partial charge in [0, 0.05) is 19.2 Å². The zero-order chi connectivity index (χ0) is 10.4. The molecule has 1 aliphatic rings. The van der Waals surface area contributed by atoms with E-state index in [9.17, 15) is 0 Å². The third kappa shape index (κ3) is 4.43. The van der Waals surface area contributed by atoms with Gasteiger partial charge in [0.2, 0.25) is 0 Å². The van der Waals surface area contributed by atoms with Crippen LogP contribution in [0.3, 0.4) is 0 Å². The fourth-order valence-electron chi connectivity index (χ4n) is 1.96. The third-order valence-corrected chi connectivity index (χ3v) is 3.03. The zero-order valence-electron chi connectivity index (χ0n) is 9.88. The number of rotatable bonds is 8. The summed E-state index contributed by atoms with van der Waals surface area (Å²) in [6.45, 7) is 5.42. The zero-order valence-corrected chi connectivity index (χ0v) is 9.88. The molecule has 0 heterocycles. The van der Waals surface area contributed by atoms with Gasteiger partial charge in [0.25, 0.3) is 0 Å². The maximum absolute atomic E-state index is 5.25. The molecule has 1 N–H and O–H groups in total. The van der Waals surface area contributed by atoms with E-state index in [1.165, 1.54) is 32.1 Å². The Morgan fingerprint density at radius 2 is 2.14 bits per heavy atom. The Kier molecular flexibility index (Phi) is 5.49. The van der Waals surface area contributed by atoms with E-state index in [0.29, 0.717) is 12.1 Å². The average Bonchev–Trinajstić information content (AvgIpc) is 2.97. The van der Waals surface area contributed by atoms with Gasteiger partial charge >= 0.3 is 0 Å². The van der Waals surface area contributed by atoms with Gasteiger partial charge in [-0.15, -0.1) is 0 Å². The third-order valence-electron chi connectivity index (χ3n) is 3.03. The number of methoxy groups -OCH3 is 1. The lowest BCUT2D eigenvalue weighted by atomic mass is 10.1. The summed E-state index contributed by atoms with van der Waals surface area (Å²) in [4.78, 5) is 0. The van der Waals surface area contributed by atoms with Gasteiger partial charge in [-0.3, -0.25) is 0 Å². The monoisotopic (exact) mass is 199 g/mol. The number of hydrogen-bond acceptors (Lipinski definition) is 2. The standard InChI is InChI=1S/C12H25NO/c1-4-5-6-10(2)13-12(9-14-3)11-7-8-11/h10-13H,4-9H2,1-3H3. The van der Waals surface area contributed by atoms with Crippen molar-refractivity contribution in [3.05, 3.63) is 0 Å². The van der Waals surface area contributed by atoms with Crippen LogP contribution in [0.15, 0.2) is 0 Å². The van der Waals surface area contributed by atoms with Crippen LogP contribution in [-0.4, -0.2) is 25.8 Å². The molecule has 0 saturated heterocycles. The van der Waals surface area contributed by atoms with Crippen molar-refractivity contribution in [2.75, 3.05) is 13.7 Å². The van der Waals surface area contributed by atoms with E-state index in [1.54, 1.807) is 7.11 Å². The quantitative estimate of drug-likeness (QED) is 0.649. The molecule has 14 heavy (non-hydrogen) atoms. The van der Waals surface area contributed by atoms with Crippen LogP contribution in [0.2, 0.25) is 0 Å². The van der Waals surface area contributed by atoms with Crippen molar-refractivity contribution in [1.29, 1.82) is 0 Å². The van der Waals surface area contributed by atoms with Crippen LogP contribution < -0.4 is 5.32 Å². The molecule has 0 bridgehead atoms. The first kappa shape index (κ1) is 12.0. The molecule has 2 atom stereocenters. The van der Waals surface area contributed by atoms with Crippen LogP contribution in [0.1, 0.15) is 46.0 Å². The molecule has 0 spiro atoms. The highest BCUT2D eigenvalue weighted by Gasteiger charge is 2.31. The molecule has 0 aromatic carbocycles. The highest BCUT2D eigenvalue weighted by atomic mass is 16.5. The van der Waals surface area contributed by atoms with Gasteiger partial charge in [0.05, 0.1) is 6.61 Å². The van der Waals surface area contributed by atoms with Crippen LogP contribution in [0.5, 0.6) is 0 Å². The maximum Gasteiger partial charge on any atom is 0.0618 e. The molecule has 2 heteroatoms. The number of ether oxygens (including phenoxy) is 1. The SMILES string of the molecule is CCCCC(C)NC(COC)C1CC1. The van der Waals surface area contributed by atoms with E-state index < -0.39 is 0 Å². The fraction of sp³-hybridized carbons (Fsp3) is 1.00. The topological polar surface area (TPSA) is 21.3 Å². The largest absolute Gasteiger partial charge is 0.383 e. The van der Waals surface area contributed by atoms with Crippen molar-refractivity contribution in [2.45, 2.75) is 58.0 Å². The van der Waals surface area contributed by atoms with Crippen molar-refractivity contribution < 1.29 is 4.74 Å². The van der Waals surface area contributed by atoms with Crippen molar-refractivity contribution in [2.24, 2.45) is 5.92 Å². The van der Waals surface area contributed by atoms with E-state index in [4.69, 9.17) is 4.74 Å². The molecule has 0 aliphatic heterocycles. The molecule has 0 radical (unpaired) electrons. The summed E-state index contributed by atoms with van der Waals surface area (Å²) in [7, 11) is 1.80. The van der Waals surface area contributed by atoms with Gasteiger partial charge < -0.3 is 10.1 Å². The second-order valence-corrected chi connectivity index (χ2v) is 4.61. The predicted molar refractivity (Wildman–Crippen MR) is 60.5 cm³/mol. The summed E-state index contributed by atoms with van der Waals surface area (Å²) in [5.74, 6) is 0.888. The summed E-state index contributed by atoms with van der Waals surface area (Å²) in [6, 6.07) is 1.25. The van der Waals surface area contributed by atoms with Gasteiger partial charge in [-0.05, 0) is 32.1 Å². The average molecular weight is 199 g/mol. The van der Waals surface area contributed by atoms with Crippen molar-refractivity contribution in [1.82, 2.24) is 5.32 Å². The summed E-state index contributed by atoms with van der Waals surface area (Å²) in [6.07, 6.45) is 6.70. The number of hydrogen-bond donors (Lipinski definition) is 1. The fourth-order valence-corrected chi connectivity index (χ4v) is 1.96. The van der Waals surface area contributed by atoms with Gasteiger partial charge in [-0.25, -0.2) is 0 Å². The number of nitrogens with one attached hydrogen (secondary N) is 1. The van der Waals surface area contributed by atoms with E-state index in [-0.39, 0.29) is 0 Å². The first-order valence-corrected chi connectivity index (χ1v) is 6.03. The molecular weight excluding hydrogens is 174 g/mol. The lowest BCUT2D eigenvalue weighted by molar-refractivity contribution is 0.151. The van der Waals surface area contributed by atoms with Crippen LogP contribution in [-0.2, 0) is 4.74 Å². The van der Waals surface area contributed by atoms with E-state index in [2.05, 4.69) is 19.2 Å². The second kappa shape index (κ2) is 6.41. The van der Waals surface area contributed by atoms with Crippen molar-refractivity contribution in [3.63, 3.8) is 0 Å². The van der Waals surface area contributed by atoms with Crippen molar-refractivity contribution in [3.8, 4) is 0 Å².